The second kappa shape index (κ2) is 12.0. The lowest BCUT2D eigenvalue weighted by molar-refractivity contribution is -0.120. The molecule has 0 spiro atoms. The van der Waals surface area contributed by atoms with Crippen LogP contribution in [0, 0.1) is 5.92 Å². The van der Waals surface area contributed by atoms with E-state index in [9.17, 15) is 18.0 Å². The number of hydrogen-bond donors (Lipinski definition) is 2. The minimum Gasteiger partial charge on any atom is -0.493 e. The first-order valence-electron chi connectivity index (χ1n) is 12.4. The van der Waals surface area contributed by atoms with E-state index in [2.05, 4.69) is 17.2 Å². The fourth-order valence-electron chi connectivity index (χ4n) is 4.82. The number of ether oxygens (including phenoxy) is 3. The van der Waals surface area contributed by atoms with E-state index in [4.69, 9.17) is 14.2 Å². The summed E-state index contributed by atoms with van der Waals surface area (Å²) in [5.74, 6) is 0.833. The molecular formula is C27H33N3O7S. The van der Waals surface area contributed by atoms with Crippen molar-refractivity contribution in [3.8, 4) is 11.5 Å². The standard InChI is InChI=1S/C27H33N3O7S/c1-4-25(31)29-26-16-20-12-14-30(17-24(20)37-26)38(33,34)21-8-6-19(7-9-21)27(32)28-13-11-18-5-10-22(35-2)23(15-18)36-3/h4-10,15,20,24,26H,1,11-14,16-17H2,2-3H3,(H,28,32)(H,29,31). The smallest absolute Gasteiger partial charge is 0.251 e. The van der Waals surface area contributed by atoms with Crippen LogP contribution in [0.4, 0.5) is 0 Å². The second-order valence-electron chi connectivity index (χ2n) is 9.24. The Bertz CT molecular complexity index is 1280. The highest BCUT2D eigenvalue weighted by molar-refractivity contribution is 7.89. The Kier molecular flexibility index (Phi) is 8.70. The van der Waals surface area contributed by atoms with Crippen LogP contribution in [0.25, 0.3) is 0 Å². The van der Waals surface area contributed by atoms with Crippen molar-refractivity contribution in [2.24, 2.45) is 5.92 Å². The number of benzene rings is 2. The third kappa shape index (κ3) is 6.17. The van der Waals surface area contributed by atoms with Crippen LogP contribution in [0.1, 0.15) is 28.8 Å². The molecule has 2 fully saturated rings. The first-order valence-corrected chi connectivity index (χ1v) is 13.9. The Balaban J connectivity index is 1.32. The van der Waals surface area contributed by atoms with Crippen LogP contribution in [0.2, 0.25) is 0 Å². The van der Waals surface area contributed by atoms with Crippen molar-refractivity contribution < 1.29 is 32.2 Å². The van der Waals surface area contributed by atoms with E-state index in [0.717, 1.165) is 5.56 Å². The van der Waals surface area contributed by atoms with Crippen molar-refractivity contribution in [3.05, 3.63) is 66.2 Å². The topological polar surface area (TPSA) is 123 Å². The molecule has 2 heterocycles. The summed E-state index contributed by atoms with van der Waals surface area (Å²) >= 11 is 0. The number of carbonyl (C=O) groups is 2. The van der Waals surface area contributed by atoms with Crippen LogP contribution < -0.4 is 20.1 Å². The third-order valence-corrected chi connectivity index (χ3v) is 8.78. The first kappa shape index (κ1) is 27.6. The average Bonchev–Trinajstić information content (AvgIpc) is 3.34. The van der Waals surface area contributed by atoms with Crippen LogP contribution >= 0.6 is 0 Å². The summed E-state index contributed by atoms with van der Waals surface area (Å²) in [5, 5.41) is 5.58. The molecule has 38 heavy (non-hydrogen) atoms. The predicted octanol–water partition coefficient (Wildman–Crippen LogP) is 2.10. The number of fused-ring (bicyclic) bond motifs is 1. The number of methoxy groups -OCH3 is 2. The quantitative estimate of drug-likeness (QED) is 0.440. The number of nitrogens with zero attached hydrogens (tertiary/aromatic N) is 1. The molecule has 3 atom stereocenters. The van der Waals surface area contributed by atoms with Crippen molar-refractivity contribution in [3.63, 3.8) is 0 Å². The highest BCUT2D eigenvalue weighted by atomic mass is 32.2. The number of rotatable bonds is 10. The summed E-state index contributed by atoms with van der Waals surface area (Å²) in [6.07, 6.45) is 2.34. The molecule has 0 saturated carbocycles. The lowest BCUT2D eigenvalue weighted by Gasteiger charge is -2.33. The summed E-state index contributed by atoms with van der Waals surface area (Å²) in [6.45, 7) is 4.42. The maximum atomic E-state index is 13.3. The number of sulfonamides is 1. The van der Waals surface area contributed by atoms with Crippen LogP contribution in [0.3, 0.4) is 0 Å². The molecule has 4 rings (SSSR count). The van der Waals surface area contributed by atoms with Gasteiger partial charge in [0, 0.05) is 25.2 Å². The molecule has 2 amide bonds. The number of piperidine rings is 1. The molecule has 2 aliphatic rings. The highest BCUT2D eigenvalue weighted by Gasteiger charge is 2.42. The molecule has 2 aromatic carbocycles. The highest BCUT2D eigenvalue weighted by Crippen LogP contribution is 2.34. The Hall–Kier alpha value is -3.41. The Morgan fingerprint density at radius 2 is 1.87 bits per heavy atom. The van der Waals surface area contributed by atoms with Crippen molar-refractivity contribution in [2.75, 3.05) is 33.9 Å². The SMILES string of the molecule is C=CC(=O)NC1CC2CCN(S(=O)(=O)c3ccc(C(=O)NCCc4ccc(OC)c(OC)c4)cc3)CC2O1. The third-order valence-electron chi connectivity index (χ3n) is 6.90. The van der Waals surface area contributed by atoms with Gasteiger partial charge in [-0.05, 0) is 73.2 Å². The molecule has 3 unspecified atom stereocenters. The van der Waals surface area contributed by atoms with Gasteiger partial charge in [0.2, 0.25) is 15.9 Å². The molecule has 2 aliphatic heterocycles. The van der Waals surface area contributed by atoms with Crippen LogP contribution in [-0.4, -0.2) is 70.7 Å². The van der Waals surface area contributed by atoms with Gasteiger partial charge in [-0.25, -0.2) is 8.42 Å². The van der Waals surface area contributed by atoms with Gasteiger partial charge in [0.15, 0.2) is 11.5 Å². The first-order chi connectivity index (χ1) is 18.2. The molecule has 2 N–H and O–H groups in total. The van der Waals surface area contributed by atoms with Gasteiger partial charge < -0.3 is 24.8 Å². The van der Waals surface area contributed by atoms with Gasteiger partial charge in [-0.1, -0.05) is 12.6 Å². The van der Waals surface area contributed by atoms with E-state index >= 15 is 0 Å². The van der Waals surface area contributed by atoms with Gasteiger partial charge >= 0.3 is 0 Å². The van der Waals surface area contributed by atoms with Crippen molar-refractivity contribution >= 4 is 21.8 Å². The molecule has 0 aromatic heterocycles. The Labute approximate surface area is 223 Å². The molecule has 2 saturated heterocycles. The number of carbonyl (C=O) groups excluding carboxylic acids is 2. The molecule has 10 nitrogen and oxygen atoms in total. The van der Waals surface area contributed by atoms with Gasteiger partial charge in [-0.3, -0.25) is 9.59 Å². The maximum Gasteiger partial charge on any atom is 0.251 e. The van der Waals surface area contributed by atoms with Gasteiger partial charge in [-0.15, -0.1) is 0 Å². The fraction of sp³-hybridized carbons (Fsp3) is 0.407. The predicted molar refractivity (Wildman–Crippen MR) is 141 cm³/mol. The minimum atomic E-state index is -3.76. The largest absolute Gasteiger partial charge is 0.493 e. The maximum absolute atomic E-state index is 13.3. The van der Waals surface area contributed by atoms with Gasteiger partial charge in [0.05, 0.1) is 25.2 Å². The van der Waals surface area contributed by atoms with Gasteiger partial charge in [-0.2, -0.15) is 4.31 Å². The van der Waals surface area contributed by atoms with Crippen molar-refractivity contribution in [2.45, 2.75) is 36.5 Å². The summed E-state index contributed by atoms with van der Waals surface area (Å²) in [4.78, 5) is 24.3. The van der Waals surface area contributed by atoms with Crippen LogP contribution in [0.15, 0.2) is 60.0 Å². The number of hydrogen-bond acceptors (Lipinski definition) is 7. The Morgan fingerprint density at radius 3 is 2.55 bits per heavy atom. The molecule has 204 valence electrons. The lowest BCUT2D eigenvalue weighted by Crippen LogP contribution is -2.45. The zero-order valence-electron chi connectivity index (χ0n) is 21.5. The zero-order valence-corrected chi connectivity index (χ0v) is 22.3. The van der Waals surface area contributed by atoms with Gasteiger partial charge in [0.1, 0.15) is 6.23 Å². The van der Waals surface area contributed by atoms with E-state index in [0.29, 0.717) is 49.4 Å². The van der Waals surface area contributed by atoms with Crippen molar-refractivity contribution in [1.82, 2.24) is 14.9 Å². The van der Waals surface area contributed by atoms with Crippen LogP contribution in [0.5, 0.6) is 11.5 Å². The number of amides is 2. The van der Waals surface area contributed by atoms with E-state index in [1.54, 1.807) is 14.2 Å². The van der Waals surface area contributed by atoms with E-state index in [1.165, 1.54) is 34.6 Å². The summed E-state index contributed by atoms with van der Waals surface area (Å²) in [7, 11) is -0.617. The molecule has 0 radical (unpaired) electrons. The second-order valence-corrected chi connectivity index (χ2v) is 11.2. The van der Waals surface area contributed by atoms with Crippen molar-refractivity contribution in [1.29, 1.82) is 0 Å². The fourth-order valence-corrected chi connectivity index (χ4v) is 6.28. The zero-order chi connectivity index (χ0) is 27.3. The Morgan fingerprint density at radius 1 is 1.13 bits per heavy atom. The van der Waals surface area contributed by atoms with Gasteiger partial charge in [0.25, 0.3) is 5.91 Å². The summed E-state index contributed by atoms with van der Waals surface area (Å²) < 4.78 is 44.4. The minimum absolute atomic E-state index is 0.118. The molecule has 0 bridgehead atoms. The molecular weight excluding hydrogens is 510 g/mol. The molecule has 0 aliphatic carbocycles. The lowest BCUT2D eigenvalue weighted by atomic mass is 9.94. The van der Waals surface area contributed by atoms with E-state index in [-0.39, 0.29) is 35.3 Å². The normalized spacial score (nSPS) is 21.3. The number of nitrogens with one attached hydrogen (secondary N) is 2. The van der Waals surface area contributed by atoms with E-state index in [1.807, 2.05) is 18.2 Å². The summed E-state index contributed by atoms with van der Waals surface area (Å²) in [5.41, 5.74) is 1.35. The molecule has 11 heteroatoms. The average molecular weight is 544 g/mol. The summed E-state index contributed by atoms with van der Waals surface area (Å²) in [6, 6.07) is 11.5. The monoisotopic (exact) mass is 543 g/mol. The van der Waals surface area contributed by atoms with Crippen LogP contribution in [-0.2, 0) is 26.0 Å². The molecule has 2 aromatic rings. The van der Waals surface area contributed by atoms with E-state index < -0.39 is 16.3 Å².